The molecule has 6 atom stereocenters. The number of aliphatic hydroxyl groups excluding tert-OH is 1. The van der Waals surface area contributed by atoms with E-state index in [2.05, 4.69) is 0 Å². The molecule has 0 radical (unpaired) electrons. The molecule has 0 spiro atoms. The van der Waals surface area contributed by atoms with Crippen LogP contribution >= 0.6 is 0 Å². The van der Waals surface area contributed by atoms with E-state index in [0.29, 0.717) is 19.3 Å². The summed E-state index contributed by atoms with van der Waals surface area (Å²) >= 11 is 0. The van der Waals surface area contributed by atoms with Gasteiger partial charge in [0, 0.05) is 23.2 Å². The van der Waals surface area contributed by atoms with Gasteiger partial charge in [0.25, 0.3) is 0 Å². The molecule has 4 rings (SSSR count). The zero-order valence-electron chi connectivity index (χ0n) is 19.0. The summed E-state index contributed by atoms with van der Waals surface area (Å²) in [6, 6.07) is 0. The lowest BCUT2D eigenvalue weighted by Crippen LogP contribution is -2.62. The van der Waals surface area contributed by atoms with Crippen LogP contribution in [-0.2, 0) is 28.7 Å². The van der Waals surface area contributed by atoms with Crippen molar-refractivity contribution < 1.29 is 38.9 Å². The van der Waals surface area contributed by atoms with Crippen LogP contribution in [0.25, 0.3) is 0 Å². The number of aliphatic hydroxyl groups is 1. The molecule has 0 saturated heterocycles. The second kappa shape index (κ2) is 8.01. The normalized spacial score (nSPS) is 39.2. The summed E-state index contributed by atoms with van der Waals surface area (Å²) in [6.45, 7) is 2.96. The molecule has 0 unspecified atom stereocenters. The molecule has 8 heteroatoms. The van der Waals surface area contributed by atoms with Crippen molar-refractivity contribution in [3.05, 3.63) is 23.8 Å². The molecular formula is C25H30O8. The van der Waals surface area contributed by atoms with E-state index in [9.17, 15) is 29.1 Å². The molecule has 3 saturated carbocycles. The smallest absolute Gasteiger partial charge is 0.307 e. The molecule has 0 aliphatic heterocycles. The number of carboxylic acid groups (broad SMARTS) is 1. The Morgan fingerprint density at radius 1 is 1.15 bits per heavy atom. The van der Waals surface area contributed by atoms with Gasteiger partial charge in [0.2, 0.25) is 5.78 Å². The molecule has 3 fully saturated rings. The number of ketones is 3. The van der Waals surface area contributed by atoms with E-state index in [1.165, 1.54) is 6.08 Å². The van der Waals surface area contributed by atoms with Crippen LogP contribution in [0.2, 0.25) is 0 Å². The summed E-state index contributed by atoms with van der Waals surface area (Å²) in [6.07, 6.45) is 6.31. The highest BCUT2D eigenvalue weighted by Crippen LogP contribution is 2.66. The predicted octanol–water partition coefficient (Wildman–Crippen LogP) is 2.18. The maximum atomic E-state index is 13.7. The number of aliphatic carboxylic acids is 1. The summed E-state index contributed by atoms with van der Waals surface area (Å²) < 4.78 is 5.71. The fourth-order valence-electron chi connectivity index (χ4n) is 7.28. The minimum atomic E-state index is -1.65. The maximum absolute atomic E-state index is 13.7. The first-order valence-electron chi connectivity index (χ1n) is 11.5. The van der Waals surface area contributed by atoms with Gasteiger partial charge in [-0.2, -0.15) is 0 Å². The van der Waals surface area contributed by atoms with Crippen molar-refractivity contribution in [3.8, 4) is 0 Å². The van der Waals surface area contributed by atoms with Crippen molar-refractivity contribution >= 4 is 29.3 Å². The third kappa shape index (κ3) is 3.41. The second-order valence-electron chi connectivity index (χ2n) is 10.4. The first-order valence-corrected chi connectivity index (χ1v) is 11.5. The number of Topliss-reactive ketones (excluding diaryl/α,β-unsaturated/α-hetero) is 2. The van der Waals surface area contributed by atoms with E-state index >= 15 is 0 Å². The van der Waals surface area contributed by atoms with E-state index in [1.54, 1.807) is 13.0 Å². The van der Waals surface area contributed by atoms with E-state index in [4.69, 9.17) is 9.84 Å². The van der Waals surface area contributed by atoms with Crippen molar-refractivity contribution in [2.45, 2.75) is 64.4 Å². The number of hydrogen-bond acceptors (Lipinski definition) is 7. The van der Waals surface area contributed by atoms with Gasteiger partial charge in [0.15, 0.2) is 11.4 Å². The van der Waals surface area contributed by atoms with Crippen molar-refractivity contribution in [1.29, 1.82) is 0 Å². The Morgan fingerprint density at radius 2 is 1.88 bits per heavy atom. The number of carboxylic acids is 1. The van der Waals surface area contributed by atoms with E-state index < -0.39 is 47.2 Å². The Morgan fingerprint density at radius 3 is 2.55 bits per heavy atom. The topological polar surface area (TPSA) is 135 Å². The molecule has 0 amide bonds. The standard InChI is InChI=1S/C25H30O8/c1-23-9-7-15(27)11-14(23)3-4-16-17-8-10-25(19(29)13-26,33-21(32)6-5-20(30)31)24(17,2)12-18(28)22(16)23/h7,9,11,16-17,22,26H,3-6,8,10,12-13H2,1-2H3,(H,30,31)/t16-,17-,22+,23-,24-,25-/m0/s1. The number of esters is 1. The number of carbonyl (C=O) groups is 5. The Kier molecular flexibility index (Phi) is 5.71. The minimum absolute atomic E-state index is 0.0153. The summed E-state index contributed by atoms with van der Waals surface area (Å²) in [5.41, 5.74) is -2.24. The van der Waals surface area contributed by atoms with Crippen LogP contribution < -0.4 is 0 Å². The number of hydrogen-bond donors (Lipinski definition) is 2. The third-order valence-electron chi connectivity index (χ3n) is 8.80. The van der Waals surface area contributed by atoms with E-state index in [-0.39, 0.29) is 48.6 Å². The summed E-state index contributed by atoms with van der Waals surface area (Å²) in [5.74, 6) is -3.20. The Balaban J connectivity index is 1.70. The lowest BCUT2D eigenvalue weighted by atomic mass is 9.46. The fraction of sp³-hybridized carbons (Fsp3) is 0.640. The van der Waals surface area contributed by atoms with Gasteiger partial charge in [-0.25, -0.2) is 0 Å². The molecule has 0 aromatic rings. The van der Waals surface area contributed by atoms with Crippen LogP contribution in [0.15, 0.2) is 23.8 Å². The number of ether oxygens (including phenoxy) is 1. The number of allylic oxidation sites excluding steroid dienone is 4. The van der Waals surface area contributed by atoms with Crippen LogP contribution in [0, 0.1) is 28.6 Å². The molecule has 2 N–H and O–H groups in total. The molecular weight excluding hydrogens is 428 g/mol. The number of carbonyl (C=O) groups excluding carboxylic acids is 4. The van der Waals surface area contributed by atoms with Crippen LogP contribution in [0.3, 0.4) is 0 Å². The van der Waals surface area contributed by atoms with Gasteiger partial charge < -0.3 is 14.9 Å². The van der Waals surface area contributed by atoms with Crippen molar-refractivity contribution in [3.63, 3.8) is 0 Å². The van der Waals surface area contributed by atoms with Gasteiger partial charge >= 0.3 is 11.9 Å². The SMILES string of the molecule is C[C@]12C=CC(=O)C=C1CC[C@@H]1[C@@H]2C(=O)C[C@@]2(C)[C@H]1CC[C@]2(OC(=O)CCC(=O)O)C(=O)CO. The monoisotopic (exact) mass is 458 g/mol. The first-order chi connectivity index (χ1) is 15.5. The van der Waals surface area contributed by atoms with Crippen molar-refractivity contribution in [2.75, 3.05) is 6.61 Å². The average Bonchev–Trinajstić information content (AvgIpc) is 3.04. The van der Waals surface area contributed by atoms with Gasteiger partial charge in [-0.15, -0.1) is 0 Å². The summed E-state index contributed by atoms with van der Waals surface area (Å²) in [7, 11) is 0. The molecule has 4 aliphatic rings. The molecule has 178 valence electrons. The minimum Gasteiger partial charge on any atom is -0.481 e. The molecule has 4 aliphatic carbocycles. The summed E-state index contributed by atoms with van der Waals surface area (Å²) in [5, 5.41) is 18.6. The molecule has 0 heterocycles. The quantitative estimate of drug-likeness (QED) is 0.578. The number of rotatable bonds is 6. The van der Waals surface area contributed by atoms with Gasteiger partial charge in [-0.1, -0.05) is 25.5 Å². The van der Waals surface area contributed by atoms with Gasteiger partial charge in [-0.05, 0) is 49.7 Å². The van der Waals surface area contributed by atoms with Gasteiger partial charge in [0.05, 0.1) is 12.8 Å². The summed E-state index contributed by atoms with van der Waals surface area (Å²) in [4.78, 5) is 62.1. The Hall–Kier alpha value is -2.61. The average molecular weight is 459 g/mol. The number of fused-ring (bicyclic) bond motifs is 5. The first kappa shape index (κ1) is 23.5. The lowest BCUT2D eigenvalue weighted by Gasteiger charge is -2.57. The zero-order chi connectivity index (χ0) is 24.2. The maximum Gasteiger partial charge on any atom is 0.307 e. The van der Waals surface area contributed by atoms with Crippen LogP contribution in [0.1, 0.15) is 58.8 Å². The van der Waals surface area contributed by atoms with Gasteiger partial charge in [0.1, 0.15) is 12.4 Å². The van der Waals surface area contributed by atoms with E-state index in [0.717, 1.165) is 5.57 Å². The van der Waals surface area contributed by atoms with Crippen molar-refractivity contribution in [2.24, 2.45) is 28.6 Å². The van der Waals surface area contributed by atoms with Crippen LogP contribution in [-0.4, -0.2) is 51.7 Å². The van der Waals surface area contributed by atoms with Crippen molar-refractivity contribution in [1.82, 2.24) is 0 Å². The highest BCUT2D eigenvalue weighted by atomic mass is 16.6. The second-order valence-corrected chi connectivity index (χ2v) is 10.4. The van der Waals surface area contributed by atoms with Crippen LogP contribution in [0.4, 0.5) is 0 Å². The molecule has 8 nitrogen and oxygen atoms in total. The predicted molar refractivity (Wildman–Crippen MR) is 115 cm³/mol. The largest absolute Gasteiger partial charge is 0.481 e. The fourth-order valence-corrected chi connectivity index (χ4v) is 7.28. The highest BCUT2D eigenvalue weighted by Gasteiger charge is 2.70. The third-order valence-corrected chi connectivity index (χ3v) is 8.80. The molecule has 0 aromatic heterocycles. The molecule has 33 heavy (non-hydrogen) atoms. The Bertz CT molecular complexity index is 992. The van der Waals surface area contributed by atoms with E-state index in [1.807, 2.05) is 13.0 Å². The Labute approximate surface area is 192 Å². The molecule has 0 aromatic carbocycles. The van der Waals surface area contributed by atoms with Gasteiger partial charge in [-0.3, -0.25) is 24.0 Å². The van der Waals surface area contributed by atoms with Crippen LogP contribution in [0.5, 0.6) is 0 Å². The lowest BCUT2D eigenvalue weighted by molar-refractivity contribution is -0.191. The molecule has 0 bridgehead atoms. The highest BCUT2D eigenvalue weighted by molar-refractivity contribution is 6.02. The zero-order valence-corrected chi connectivity index (χ0v) is 19.0.